The molecule has 3 rings (SSSR count). The molecule has 0 aromatic heterocycles. The number of benzene rings is 2. The Labute approximate surface area is 161 Å². The van der Waals surface area contributed by atoms with Crippen LogP contribution in [0.15, 0.2) is 48.5 Å². The molecular weight excluding hydrogens is 336 g/mol. The van der Waals surface area contributed by atoms with Gasteiger partial charge in [0.15, 0.2) is 0 Å². The molecule has 0 bridgehead atoms. The predicted octanol–water partition coefficient (Wildman–Crippen LogP) is 4.32. The van der Waals surface area contributed by atoms with E-state index in [-0.39, 0.29) is 17.2 Å². The monoisotopic (exact) mass is 364 g/mol. The van der Waals surface area contributed by atoms with E-state index in [0.717, 1.165) is 29.9 Å². The summed E-state index contributed by atoms with van der Waals surface area (Å²) in [4.78, 5) is 28.8. The van der Waals surface area contributed by atoms with Crippen LogP contribution in [0.2, 0.25) is 0 Å². The first-order chi connectivity index (χ1) is 12.8. The zero-order chi connectivity index (χ0) is 19.6. The summed E-state index contributed by atoms with van der Waals surface area (Å²) in [5.41, 5.74) is 4.15. The first-order valence-corrected chi connectivity index (χ1v) is 9.55. The lowest BCUT2D eigenvalue weighted by atomic mass is 9.85. The van der Waals surface area contributed by atoms with Crippen molar-refractivity contribution >= 4 is 23.2 Å². The van der Waals surface area contributed by atoms with Crippen LogP contribution in [0.4, 0.5) is 11.4 Å². The molecule has 0 aliphatic carbocycles. The molecule has 0 N–H and O–H groups in total. The Bertz CT molecular complexity index is 851. The smallest absolute Gasteiger partial charge is 0.228 e. The Morgan fingerprint density at radius 3 is 2.41 bits per heavy atom. The van der Waals surface area contributed by atoms with Crippen LogP contribution in [-0.4, -0.2) is 24.9 Å². The molecule has 0 atom stereocenters. The first kappa shape index (κ1) is 19.2. The number of hydrogen-bond donors (Lipinski definition) is 0. The summed E-state index contributed by atoms with van der Waals surface area (Å²) in [5, 5.41) is 0. The Morgan fingerprint density at radius 1 is 1.04 bits per heavy atom. The quantitative estimate of drug-likeness (QED) is 0.811. The minimum Gasteiger partial charge on any atom is -0.312 e. The fourth-order valence-corrected chi connectivity index (χ4v) is 3.73. The maximum atomic E-state index is 12.8. The molecule has 0 radical (unpaired) electrons. The molecule has 27 heavy (non-hydrogen) atoms. The number of fused-ring (bicyclic) bond motifs is 1. The van der Waals surface area contributed by atoms with E-state index in [9.17, 15) is 9.59 Å². The molecule has 4 nitrogen and oxygen atoms in total. The summed E-state index contributed by atoms with van der Waals surface area (Å²) in [6, 6.07) is 16.0. The summed E-state index contributed by atoms with van der Waals surface area (Å²) in [6.07, 6.45) is 1.21. The summed E-state index contributed by atoms with van der Waals surface area (Å²) >= 11 is 0. The van der Waals surface area contributed by atoms with Crippen LogP contribution in [0.25, 0.3) is 0 Å². The van der Waals surface area contributed by atoms with Gasteiger partial charge in [-0.3, -0.25) is 9.59 Å². The third-order valence-electron chi connectivity index (χ3n) is 5.12. The van der Waals surface area contributed by atoms with Gasteiger partial charge in [0.1, 0.15) is 0 Å². The summed E-state index contributed by atoms with van der Waals surface area (Å²) in [7, 11) is 0. The standard InChI is InChI=1S/C23H28N2O2/c1-17(26)24(21-12-8-6-10-19(21)23(2,3)4)16-14-22(27)25-15-13-18-9-5-7-11-20(18)25/h5-12H,13-16H2,1-4H3. The topological polar surface area (TPSA) is 40.6 Å². The van der Waals surface area contributed by atoms with Crippen molar-refractivity contribution in [2.24, 2.45) is 0 Å². The minimum absolute atomic E-state index is 0.0404. The molecule has 2 aromatic carbocycles. The molecule has 142 valence electrons. The molecule has 0 fully saturated rings. The van der Waals surface area contributed by atoms with Crippen molar-refractivity contribution < 1.29 is 9.59 Å². The van der Waals surface area contributed by atoms with Gasteiger partial charge < -0.3 is 9.80 Å². The molecule has 0 spiro atoms. The van der Waals surface area contributed by atoms with Crippen LogP contribution in [0.5, 0.6) is 0 Å². The molecule has 2 aromatic rings. The van der Waals surface area contributed by atoms with Gasteiger partial charge in [0.2, 0.25) is 11.8 Å². The second-order valence-corrected chi connectivity index (χ2v) is 8.11. The van der Waals surface area contributed by atoms with Crippen LogP contribution >= 0.6 is 0 Å². The fraction of sp³-hybridized carbons (Fsp3) is 0.391. The number of nitrogens with zero attached hydrogens (tertiary/aromatic N) is 2. The molecule has 2 amide bonds. The average Bonchev–Trinajstić information content (AvgIpc) is 3.05. The largest absolute Gasteiger partial charge is 0.312 e. The lowest BCUT2D eigenvalue weighted by Gasteiger charge is -2.30. The van der Waals surface area contributed by atoms with Crippen LogP contribution in [-0.2, 0) is 21.4 Å². The molecule has 1 aliphatic rings. The highest BCUT2D eigenvalue weighted by Crippen LogP contribution is 2.32. The Hall–Kier alpha value is -2.62. The van der Waals surface area contributed by atoms with Gasteiger partial charge in [-0.1, -0.05) is 57.2 Å². The van der Waals surface area contributed by atoms with Crippen LogP contribution in [0.3, 0.4) is 0 Å². The maximum absolute atomic E-state index is 12.8. The molecule has 0 unspecified atom stereocenters. The molecule has 0 saturated heterocycles. The zero-order valence-corrected chi connectivity index (χ0v) is 16.7. The van der Waals surface area contributed by atoms with Gasteiger partial charge in [0.05, 0.1) is 0 Å². The lowest BCUT2D eigenvalue weighted by Crippen LogP contribution is -2.36. The van der Waals surface area contributed by atoms with Crippen LogP contribution < -0.4 is 9.80 Å². The van der Waals surface area contributed by atoms with Crippen LogP contribution in [0.1, 0.15) is 45.2 Å². The highest BCUT2D eigenvalue weighted by atomic mass is 16.2. The lowest BCUT2D eigenvalue weighted by molar-refractivity contribution is -0.118. The number of anilines is 2. The van der Waals surface area contributed by atoms with Crippen molar-refractivity contribution in [2.45, 2.75) is 46.0 Å². The van der Waals surface area contributed by atoms with Crippen molar-refractivity contribution in [2.75, 3.05) is 22.9 Å². The summed E-state index contributed by atoms with van der Waals surface area (Å²) in [6.45, 7) is 9.08. The van der Waals surface area contributed by atoms with Gasteiger partial charge in [-0.05, 0) is 35.1 Å². The van der Waals surface area contributed by atoms with Crippen molar-refractivity contribution in [3.05, 3.63) is 59.7 Å². The van der Waals surface area contributed by atoms with Gasteiger partial charge in [-0.15, -0.1) is 0 Å². The van der Waals surface area contributed by atoms with E-state index in [1.54, 1.807) is 11.8 Å². The normalized spacial score (nSPS) is 13.4. The van der Waals surface area contributed by atoms with Gasteiger partial charge >= 0.3 is 0 Å². The second-order valence-electron chi connectivity index (χ2n) is 8.11. The van der Waals surface area contributed by atoms with Crippen LogP contribution in [0, 0.1) is 0 Å². The van der Waals surface area contributed by atoms with Crippen molar-refractivity contribution in [3.63, 3.8) is 0 Å². The number of amides is 2. The highest BCUT2D eigenvalue weighted by Gasteiger charge is 2.26. The van der Waals surface area contributed by atoms with Crippen molar-refractivity contribution in [3.8, 4) is 0 Å². The number of carbonyl (C=O) groups is 2. The first-order valence-electron chi connectivity index (χ1n) is 9.55. The Balaban J connectivity index is 1.78. The minimum atomic E-state index is -0.0812. The van der Waals surface area contributed by atoms with Gasteiger partial charge in [-0.25, -0.2) is 0 Å². The van der Waals surface area contributed by atoms with E-state index in [0.29, 0.717) is 13.0 Å². The van der Waals surface area contributed by atoms with Crippen molar-refractivity contribution in [1.82, 2.24) is 0 Å². The predicted molar refractivity (Wildman–Crippen MR) is 110 cm³/mol. The second kappa shape index (κ2) is 7.55. The number of para-hydroxylation sites is 2. The fourth-order valence-electron chi connectivity index (χ4n) is 3.73. The summed E-state index contributed by atoms with van der Waals surface area (Å²) < 4.78 is 0. The molecule has 4 heteroatoms. The molecule has 1 aliphatic heterocycles. The third kappa shape index (κ3) is 4.05. The SMILES string of the molecule is CC(=O)N(CCC(=O)N1CCc2ccccc21)c1ccccc1C(C)(C)C. The molecule has 0 saturated carbocycles. The van der Waals surface area contributed by atoms with Gasteiger partial charge in [0.25, 0.3) is 0 Å². The van der Waals surface area contributed by atoms with Gasteiger partial charge in [0, 0.05) is 37.8 Å². The number of hydrogen-bond acceptors (Lipinski definition) is 2. The van der Waals surface area contributed by atoms with E-state index in [4.69, 9.17) is 0 Å². The Kier molecular flexibility index (Phi) is 5.36. The maximum Gasteiger partial charge on any atom is 0.228 e. The van der Waals surface area contributed by atoms with E-state index >= 15 is 0 Å². The van der Waals surface area contributed by atoms with E-state index in [1.165, 1.54) is 5.56 Å². The number of carbonyl (C=O) groups excluding carboxylic acids is 2. The molecular formula is C23H28N2O2. The third-order valence-corrected chi connectivity index (χ3v) is 5.12. The van der Waals surface area contributed by atoms with Gasteiger partial charge in [-0.2, -0.15) is 0 Å². The molecule has 1 heterocycles. The average molecular weight is 364 g/mol. The summed E-state index contributed by atoms with van der Waals surface area (Å²) in [5.74, 6) is 0.0285. The zero-order valence-electron chi connectivity index (χ0n) is 16.7. The number of rotatable bonds is 4. The van der Waals surface area contributed by atoms with E-state index in [1.807, 2.05) is 41.3 Å². The van der Waals surface area contributed by atoms with Crippen molar-refractivity contribution in [1.29, 1.82) is 0 Å². The highest BCUT2D eigenvalue weighted by molar-refractivity contribution is 5.97. The van der Waals surface area contributed by atoms with E-state index in [2.05, 4.69) is 32.9 Å². The Morgan fingerprint density at radius 2 is 1.70 bits per heavy atom. The van der Waals surface area contributed by atoms with E-state index < -0.39 is 0 Å².